The molecule has 2 aromatic rings. The van der Waals surface area contributed by atoms with Crippen LogP contribution in [0.3, 0.4) is 0 Å². The number of allylic oxidation sites excluding steroid dienone is 5. The molecule has 0 saturated heterocycles. The molecule has 1 fully saturated rings. The fourth-order valence-corrected chi connectivity index (χ4v) is 7.76. The van der Waals surface area contributed by atoms with Crippen molar-refractivity contribution in [2.24, 2.45) is 10.9 Å². The second-order valence-electron chi connectivity index (χ2n) is 14.7. The van der Waals surface area contributed by atoms with Gasteiger partial charge in [0.05, 0.1) is 6.04 Å². The van der Waals surface area contributed by atoms with Crippen LogP contribution in [-0.2, 0) is 15.6 Å². The van der Waals surface area contributed by atoms with Crippen LogP contribution in [0.15, 0.2) is 77.0 Å². The van der Waals surface area contributed by atoms with Crippen LogP contribution in [0.4, 0.5) is 5.69 Å². The van der Waals surface area contributed by atoms with Crippen LogP contribution in [0.25, 0.3) is 6.58 Å². The van der Waals surface area contributed by atoms with E-state index in [4.69, 9.17) is 4.99 Å². The minimum absolute atomic E-state index is 0.0591. The molecule has 0 bridgehead atoms. The Kier molecular flexibility index (Phi) is 10.3. The number of fused-ring (bicyclic) bond motifs is 2. The highest BCUT2D eigenvalue weighted by Crippen LogP contribution is 2.48. The Bertz CT molecular complexity index is 1740. The molecule has 47 heavy (non-hydrogen) atoms. The summed E-state index contributed by atoms with van der Waals surface area (Å²) in [4.78, 5) is 19.0. The molecule has 0 spiro atoms. The van der Waals surface area contributed by atoms with Crippen LogP contribution in [0.5, 0.6) is 0 Å². The first-order valence-corrected chi connectivity index (χ1v) is 17.8. The van der Waals surface area contributed by atoms with Crippen molar-refractivity contribution in [3.8, 4) is 0 Å². The molecule has 5 heteroatoms. The molecule has 3 aliphatic rings. The van der Waals surface area contributed by atoms with Crippen LogP contribution in [0.2, 0.25) is 0 Å². The minimum Gasteiger partial charge on any atom is -0.480 e. The Morgan fingerprint density at radius 2 is 1.85 bits per heavy atom. The Hall–Kier alpha value is -3.86. The number of aliphatic imine (C=N–C) groups is 1. The first-order chi connectivity index (χ1) is 22.4. The molecule has 1 unspecified atom stereocenters. The van der Waals surface area contributed by atoms with Crippen LogP contribution >= 0.6 is 0 Å². The average Bonchev–Trinajstić information content (AvgIpc) is 3.36. The third-order valence-corrected chi connectivity index (χ3v) is 10.4. The van der Waals surface area contributed by atoms with Gasteiger partial charge in [0.2, 0.25) is 0 Å². The maximum absolute atomic E-state index is 11.8. The topological polar surface area (TPSA) is 55.9 Å². The molecule has 1 saturated carbocycles. The van der Waals surface area contributed by atoms with Gasteiger partial charge in [-0.05, 0) is 72.2 Å². The highest BCUT2D eigenvalue weighted by atomic mass is 16.4. The summed E-state index contributed by atoms with van der Waals surface area (Å²) in [6, 6.07) is 14.7. The fourth-order valence-electron chi connectivity index (χ4n) is 7.76. The van der Waals surface area contributed by atoms with Gasteiger partial charge in [0.1, 0.15) is 18.4 Å². The molecular formula is C42H55N3O2. The van der Waals surface area contributed by atoms with Gasteiger partial charge < -0.3 is 14.6 Å². The number of unbranched alkanes of at least 4 members (excludes halogenated alkanes) is 2. The lowest BCUT2D eigenvalue weighted by atomic mass is 9.77. The zero-order valence-corrected chi connectivity index (χ0v) is 29.8. The molecular weight excluding hydrogens is 578 g/mol. The summed E-state index contributed by atoms with van der Waals surface area (Å²) in [6.07, 6.45) is 16.6. The highest BCUT2D eigenvalue weighted by Gasteiger charge is 2.41. The fraction of sp³-hybridized carbons (Fsp3) is 0.476. The number of hydrogen-bond acceptors (Lipinski definition) is 3. The summed E-state index contributed by atoms with van der Waals surface area (Å²) in [5.74, 6) is -0.836. The predicted octanol–water partition coefficient (Wildman–Crippen LogP) is 7.81. The first kappa shape index (κ1) is 34.5. The lowest BCUT2D eigenvalue weighted by molar-refractivity contribution is -0.135. The quantitative estimate of drug-likeness (QED) is 0.203. The van der Waals surface area contributed by atoms with Crippen LogP contribution in [-0.4, -0.2) is 36.4 Å². The molecule has 5 rings (SSSR count). The van der Waals surface area contributed by atoms with Crippen molar-refractivity contribution in [1.82, 2.24) is 4.58 Å². The second kappa shape index (κ2) is 14.1. The molecule has 2 aromatic carbocycles. The summed E-state index contributed by atoms with van der Waals surface area (Å²) in [7, 11) is 0. The molecule has 1 N–H and O–H groups in total. The molecule has 0 amide bonds. The molecule has 0 radical (unpaired) electrons. The summed E-state index contributed by atoms with van der Waals surface area (Å²) < 4.78 is 2.49. The van der Waals surface area contributed by atoms with Crippen LogP contribution in [0.1, 0.15) is 103 Å². The van der Waals surface area contributed by atoms with Crippen molar-refractivity contribution in [1.29, 1.82) is 0 Å². The van der Waals surface area contributed by atoms with Crippen molar-refractivity contribution in [2.45, 2.75) is 104 Å². The second-order valence-corrected chi connectivity index (χ2v) is 14.7. The van der Waals surface area contributed by atoms with Crippen molar-refractivity contribution in [3.63, 3.8) is 0 Å². The third kappa shape index (κ3) is 6.91. The molecule has 2 heterocycles. The van der Waals surface area contributed by atoms with E-state index in [-0.39, 0.29) is 23.3 Å². The van der Waals surface area contributed by atoms with Crippen molar-refractivity contribution >= 4 is 23.9 Å². The van der Waals surface area contributed by atoms with E-state index in [0.29, 0.717) is 0 Å². The molecule has 0 aromatic heterocycles. The maximum Gasteiger partial charge on any atom is 0.325 e. The number of aryl methyl sites for hydroxylation is 1. The minimum atomic E-state index is -0.895. The van der Waals surface area contributed by atoms with E-state index in [1.165, 1.54) is 39.5 Å². The number of rotatable bonds is 11. The third-order valence-electron chi connectivity index (χ3n) is 10.4. The monoisotopic (exact) mass is 633 g/mol. The van der Waals surface area contributed by atoms with E-state index in [1.54, 1.807) is 0 Å². The Balaban J connectivity index is 1.52. The SMILES string of the molecule is C=c1ccc2c(c1)C(C)(C)[C-](/C=C/C1CCC/C(=C\C=C3/N(CCCC)c4ccc(C)cc4C3(C)C)C1=NCC(=O)O)[N+]=2CCCC. The van der Waals surface area contributed by atoms with Crippen molar-refractivity contribution < 1.29 is 9.90 Å². The lowest BCUT2D eigenvalue weighted by Crippen LogP contribution is -2.33. The van der Waals surface area contributed by atoms with Crippen molar-refractivity contribution in [2.75, 3.05) is 24.5 Å². The molecule has 250 valence electrons. The highest BCUT2D eigenvalue weighted by molar-refractivity contribution is 6.04. The van der Waals surface area contributed by atoms with Gasteiger partial charge in [-0.3, -0.25) is 9.79 Å². The number of nitrogens with zero attached hydrogens (tertiary/aromatic N) is 3. The van der Waals surface area contributed by atoms with E-state index < -0.39 is 5.97 Å². The number of hydrogen-bond donors (Lipinski definition) is 1. The van der Waals surface area contributed by atoms with Gasteiger partial charge in [-0.2, -0.15) is 6.08 Å². The van der Waals surface area contributed by atoms with Gasteiger partial charge in [0.15, 0.2) is 0 Å². The normalized spacial score (nSPS) is 22.6. The summed E-state index contributed by atoms with van der Waals surface area (Å²) >= 11 is 0. The predicted molar refractivity (Wildman–Crippen MR) is 198 cm³/mol. The van der Waals surface area contributed by atoms with Crippen LogP contribution < -0.4 is 20.1 Å². The lowest BCUT2D eigenvalue weighted by Gasteiger charge is -2.31. The van der Waals surface area contributed by atoms with E-state index in [9.17, 15) is 9.90 Å². The van der Waals surface area contributed by atoms with Gasteiger partial charge in [-0.25, -0.2) is 0 Å². The van der Waals surface area contributed by atoms with Crippen molar-refractivity contribution in [3.05, 3.63) is 105 Å². The number of aliphatic carboxylic acids is 1. The van der Waals surface area contributed by atoms with Gasteiger partial charge >= 0.3 is 5.97 Å². The number of carboxylic acids is 1. The number of carboxylic acid groups (broad SMARTS) is 1. The largest absolute Gasteiger partial charge is 0.480 e. The summed E-state index contributed by atoms with van der Waals surface area (Å²) in [6.45, 7) is 21.9. The Morgan fingerprint density at radius 1 is 1.09 bits per heavy atom. The van der Waals surface area contributed by atoms with E-state index in [0.717, 1.165) is 74.5 Å². The molecule has 2 aliphatic heterocycles. The number of benzene rings is 2. The molecule has 5 nitrogen and oxygen atoms in total. The molecule has 1 aliphatic carbocycles. The van der Waals surface area contributed by atoms with Crippen LogP contribution in [0, 0.1) is 18.9 Å². The van der Waals surface area contributed by atoms with E-state index in [1.807, 2.05) is 0 Å². The Labute approximate surface area is 282 Å². The van der Waals surface area contributed by atoms with Gasteiger partial charge in [-0.15, -0.1) is 6.08 Å². The molecule has 1 atom stereocenters. The smallest absolute Gasteiger partial charge is 0.325 e. The first-order valence-electron chi connectivity index (χ1n) is 17.8. The maximum atomic E-state index is 11.8. The average molecular weight is 634 g/mol. The summed E-state index contributed by atoms with van der Waals surface area (Å²) in [5, 5.41) is 12.0. The Morgan fingerprint density at radius 3 is 2.57 bits per heavy atom. The zero-order valence-electron chi connectivity index (χ0n) is 29.8. The van der Waals surface area contributed by atoms with E-state index in [2.05, 4.69) is 125 Å². The van der Waals surface area contributed by atoms with Gasteiger partial charge in [-0.1, -0.05) is 103 Å². The van der Waals surface area contributed by atoms with E-state index >= 15 is 0 Å². The number of carbonyl (C=O) groups is 1. The standard InChI is InChI=1S/C42H55N3O2/c1-9-11-24-44-35-20-16-29(3)26-33(35)41(5,6)37(44)22-18-31-14-13-15-32(40(31)43-28-39(46)47)19-23-38-42(7,8)34-27-30(4)17-21-36(34)45(38)25-12-10-2/h16-23,26-27,31H,3,9-15,24-25,28H2,1-2,4-8H3,(H,46,47)/b22-18+,32-19+,38-23-,43-40?. The van der Waals surface area contributed by atoms with Gasteiger partial charge in [0, 0.05) is 40.9 Å². The summed E-state index contributed by atoms with van der Waals surface area (Å²) in [5.41, 5.74) is 8.36. The zero-order chi connectivity index (χ0) is 33.9. The van der Waals surface area contributed by atoms with Gasteiger partial charge in [0.25, 0.3) is 0 Å². The number of anilines is 1.